The Balaban J connectivity index is 1.32. The molecule has 2 aromatic carbocycles. The summed E-state index contributed by atoms with van der Waals surface area (Å²) in [5, 5.41) is 11.1. The van der Waals surface area contributed by atoms with E-state index < -0.39 is 5.91 Å². The molecule has 1 N–H and O–H groups in total. The first-order valence-corrected chi connectivity index (χ1v) is 10.7. The molecule has 3 heterocycles. The van der Waals surface area contributed by atoms with Crippen LogP contribution in [0.15, 0.2) is 69.7 Å². The molecule has 0 spiro atoms. The molecule has 0 saturated heterocycles. The Morgan fingerprint density at radius 1 is 0.970 bits per heavy atom. The number of nitrogens with zero attached hydrogens (tertiary/aromatic N) is 4. The van der Waals surface area contributed by atoms with Crippen molar-refractivity contribution in [2.45, 2.75) is 6.92 Å². The van der Waals surface area contributed by atoms with Gasteiger partial charge in [-0.15, -0.1) is 0 Å². The number of rotatable bonds is 6. The van der Waals surface area contributed by atoms with Crippen molar-refractivity contribution in [3.8, 4) is 39.2 Å². The summed E-state index contributed by atoms with van der Waals surface area (Å²) >= 11 is 1.24. The molecule has 33 heavy (non-hydrogen) atoms. The molecule has 5 aromatic rings. The van der Waals surface area contributed by atoms with E-state index in [4.69, 9.17) is 13.8 Å². The number of benzene rings is 2. The zero-order valence-electron chi connectivity index (χ0n) is 17.6. The average Bonchev–Trinajstić information content (AvgIpc) is 3.60. The minimum absolute atomic E-state index is 0.155. The quantitative estimate of drug-likeness (QED) is 0.373. The van der Waals surface area contributed by atoms with Gasteiger partial charge in [-0.05, 0) is 31.2 Å². The van der Waals surface area contributed by atoms with Crippen LogP contribution in [0.1, 0.15) is 16.2 Å². The van der Waals surface area contributed by atoms with E-state index in [-0.39, 0.29) is 5.69 Å². The van der Waals surface area contributed by atoms with Crippen molar-refractivity contribution in [2.75, 3.05) is 12.4 Å². The van der Waals surface area contributed by atoms with Crippen LogP contribution in [0.25, 0.3) is 33.5 Å². The van der Waals surface area contributed by atoms with E-state index in [0.29, 0.717) is 33.2 Å². The second-order valence-corrected chi connectivity index (χ2v) is 7.98. The molecule has 0 radical (unpaired) electrons. The molecule has 0 bridgehead atoms. The van der Waals surface area contributed by atoms with Crippen molar-refractivity contribution in [3.63, 3.8) is 0 Å². The largest absolute Gasteiger partial charge is 0.497 e. The highest BCUT2D eigenvalue weighted by Crippen LogP contribution is 2.33. The van der Waals surface area contributed by atoms with Gasteiger partial charge >= 0.3 is 0 Å². The fourth-order valence-electron chi connectivity index (χ4n) is 3.10. The smallest absolute Gasteiger partial charge is 0.279 e. The van der Waals surface area contributed by atoms with E-state index in [0.717, 1.165) is 16.9 Å². The van der Waals surface area contributed by atoms with Gasteiger partial charge in [0.05, 0.1) is 12.8 Å². The van der Waals surface area contributed by atoms with Gasteiger partial charge in [-0.1, -0.05) is 52.0 Å². The SMILES string of the molecule is COc1ccc(-c2noc(-c3sc(NC(=O)c4cc(-c5ccccc5)on4)nc3C)n2)cc1. The van der Waals surface area contributed by atoms with Gasteiger partial charge < -0.3 is 13.8 Å². The molecule has 164 valence electrons. The van der Waals surface area contributed by atoms with Gasteiger partial charge in [-0.3, -0.25) is 10.1 Å². The number of hydrogen-bond acceptors (Lipinski definition) is 9. The van der Waals surface area contributed by atoms with E-state index >= 15 is 0 Å². The van der Waals surface area contributed by atoms with Crippen molar-refractivity contribution >= 4 is 22.4 Å². The Hall–Kier alpha value is -4.31. The summed E-state index contributed by atoms with van der Waals surface area (Å²) in [6.07, 6.45) is 0. The first-order valence-electron chi connectivity index (χ1n) is 9.90. The molecule has 0 fully saturated rings. The second kappa shape index (κ2) is 8.67. The van der Waals surface area contributed by atoms with Gasteiger partial charge in [-0.25, -0.2) is 4.98 Å². The summed E-state index contributed by atoms with van der Waals surface area (Å²) in [7, 11) is 1.61. The fraction of sp³-hybridized carbons (Fsp3) is 0.0870. The van der Waals surface area contributed by atoms with Crippen LogP contribution in [0.4, 0.5) is 5.13 Å². The third-order valence-electron chi connectivity index (χ3n) is 4.79. The van der Waals surface area contributed by atoms with E-state index in [9.17, 15) is 4.79 Å². The summed E-state index contributed by atoms with van der Waals surface area (Å²) in [5.41, 5.74) is 2.44. The van der Waals surface area contributed by atoms with E-state index in [2.05, 4.69) is 25.6 Å². The maximum atomic E-state index is 12.6. The Morgan fingerprint density at radius 2 is 1.76 bits per heavy atom. The normalized spacial score (nSPS) is 10.8. The van der Waals surface area contributed by atoms with Gasteiger partial charge in [0.2, 0.25) is 5.82 Å². The van der Waals surface area contributed by atoms with Crippen LogP contribution in [0.3, 0.4) is 0 Å². The van der Waals surface area contributed by atoms with Crippen LogP contribution in [0, 0.1) is 6.92 Å². The topological polar surface area (TPSA) is 116 Å². The predicted octanol–water partition coefficient (Wildman–Crippen LogP) is 5.08. The summed E-state index contributed by atoms with van der Waals surface area (Å²) < 4.78 is 15.9. The van der Waals surface area contributed by atoms with Gasteiger partial charge in [0.15, 0.2) is 16.6 Å². The Bertz CT molecular complexity index is 1410. The number of amides is 1. The third kappa shape index (κ3) is 4.23. The summed E-state index contributed by atoms with van der Waals surface area (Å²) in [4.78, 5) is 22.2. The van der Waals surface area contributed by atoms with Crippen LogP contribution in [0.5, 0.6) is 5.75 Å². The summed E-state index contributed by atoms with van der Waals surface area (Å²) in [5.74, 6) is 1.59. The molecule has 1 amide bonds. The molecule has 0 aliphatic heterocycles. The van der Waals surface area contributed by atoms with E-state index in [1.54, 1.807) is 13.2 Å². The molecule has 9 nitrogen and oxygen atoms in total. The summed E-state index contributed by atoms with van der Waals surface area (Å²) in [6, 6.07) is 18.4. The van der Waals surface area contributed by atoms with Crippen molar-refractivity contribution in [1.82, 2.24) is 20.3 Å². The lowest BCUT2D eigenvalue weighted by atomic mass is 10.1. The number of aromatic nitrogens is 4. The number of nitrogens with one attached hydrogen (secondary N) is 1. The maximum Gasteiger partial charge on any atom is 0.279 e. The zero-order valence-corrected chi connectivity index (χ0v) is 18.4. The highest BCUT2D eigenvalue weighted by Gasteiger charge is 2.20. The Kier molecular flexibility index (Phi) is 5.41. The molecular weight excluding hydrogens is 442 g/mol. The highest BCUT2D eigenvalue weighted by molar-refractivity contribution is 7.19. The minimum atomic E-state index is -0.425. The first-order chi connectivity index (χ1) is 16.1. The monoisotopic (exact) mass is 459 g/mol. The lowest BCUT2D eigenvalue weighted by Crippen LogP contribution is -2.11. The zero-order chi connectivity index (χ0) is 22.8. The molecule has 10 heteroatoms. The van der Waals surface area contributed by atoms with Gasteiger partial charge in [-0.2, -0.15) is 4.98 Å². The van der Waals surface area contributed by atoms with Crippen LogP contribution >= 0.6 is 11.3 Å². The lowest BCUT2D eigenvalue weighted by Gasteiger charge is -1.98. The number of thiazole rings is 1. The summed E-state index contributed by atoms with van der Waals surface area (Å²) in [6.45, 7) is 1.81. The maximum absolute atomic E-state index is 12.6. The van der Waals surface area contributed by atoms with E-state index in [1.165, 1.54) is 11.3 Å². The molecule has 0 aliphatic carbocycles. The fourth-order valence-corrected chi connectivity index (χ4v) is 3.99. The molecule has 3 aromatic heterocycles. The van der Waals surface area contributed by atoms with E-state index in [1.807, 2.05) is 61.5 Å². The lowest BCUT2D eigenvalue weighted by molar-refractivity contribution is 0.101. The predicted molar refractivity (Wildman–Crippen MR) is 122 cm³/mol. The first kappa shape index (κ1) is 20.6. The van der Waals surface area contributed by atoms with Crippen molar-refractivity contribution in [2.24, 2.45) is 0 Å². The average molecular weight is 459 g/mol. The molecule has 0 atom stereocenters. The van der Waals surface area contributed by atoms with Crippen molar-refractivity contribution in [1.29, 1.82) is 0 Å². The van der Waals surface area contributed by atoms with Gasteiger partial charge in [0.1, 0.15) is 10.6 Å². The van der Waals surface area contributed by atoms with Crippen molar-refractivity contribution in [3.05, 3.63) is 72.1 Å². The minimum Gasteiger partial charge on any atom is -0.497 e. The Morgan fingerprint density at radius 3 is 2.52 bits per heavy atom. The molecule has 0 unspecified atom stereocenters. The molecular formula is C23H17N5O4S. The number of ether oxygens (including phenoxy) is 1. The number of methoxy groups -OCH3 is 1. The van der Waals surface area contributed by atoms with Crippen LogP contribution in [-0.2, 0) is 0 Å². The number of carbonyl (C=O) groups excluding carboxylic acids is 1. The number of anilines is 1. The number of carbonyl (C=O) groups is 1. The second-order valence-electron chi connectivity index (χ2n) is 6.98. The van der Waals surface area contributed by atoms with Crippen LogP contribution in [0.2, 0.25) is 0 Å². The highest BCUT2D eigenvalue weighted by atomic mass is 32.1. The Labute approximate surface area is 192 Å². The number of hydrogen-bond donors (Lipinski definition) is 1. The molecule has 0 aliphatic rings. The van der Waals surface area contributed by atoms with Crippen molar-refractivity contribution < 1.29 is 18.6 Å². The standard InChI is InChI=1S/C23H17N5O4S/c1-13-19(22-25-20(28-32-22)15-8-10-16(30-2)11-9-15)33-23(24-13)26-21(29)17-12-18(31-27-17)14-6-4-3-5-7-14/h3-12H,1-2H3,(H,24,26,29). The van der Waals surface area contributed by atoms with Crippen LogP contribution < -0.4 is 10.1 Å². The molecule has 5 rings (SSSR count). The third-order valence-corrected chi connectivity index (χ3v) is 5.85. The number of aryl methyl sites for hydroxylation is 1. The van der Waals surface area contributed by atoms with Gasteiger partial charge in [0, 0.05) is 17.2 Å². The van der Waals surface area contributed by atoms with Gasteiger partial charge in [0.25, 0.3) is 11.8 Å². The molecule has 0 saturated carbocycles. The van der Waals surface area contributed by atoms with Crippen LogP contribution in [-0.4, -0.2) is 33.3 Å².